The van der Waals surface area contributed by atoms with Crippen molar-refractivity contribution in [3.8, 4) is 5.75 Å². The van der Waals surface area contributed by atoms with Crippen molar-refractivity contribution in [1.29, 1.82) is 0 Å². The molecule has 0 fully saturated rings. The first kappa shape index (κ1) is 19.6. The SMILES string of the molecule is CCCC(CNC(=O)c1ccc(COc2ccc(C)cc2C)o1)C(=O)O. The number of rotatable bonds is 9. The van der Waals surface area contributed by atoms with Gasteiger partial charge in [0, 0.05) is 6.54 Å². The maximum absolute atomic E-state index is 12.1. The van der Waals surface area contributed by atoms with Gasteiger partial charge in [-0.25, -0.2) is 0 Å². The zero-order valence-corrected chi connectivity index (χ0v) is 15.4. The molecule has 2 N–H and O–H groups in total. The van der Waals surface area contributed by atoms with Crippen molar-refractivity contribution < 1.29 is 23.8 Å². The van der Waals surface area contributed by atoms with Crippen LogP contribution in [0.4, 0.5) is 0 Å². The third-order valence-electron chi connectivity index (χ3n) is 4.08. The third-order valence-corrected chi connectivity index (χ3v) is 4.08. The number of furan rings is 1. The molecule has 0 spiro atoms. The fraction of sp³-hybridized carbons (Fsp3) is 0.400. The van der Waals surface area contributed by atoms with E-state index in [4.69, 9.17) is 14.3 Å². The molecule has 1 unspecified atom stereocenters. The van der Waals surface area contributed by atoms with Crippen LogP contribution in [0.2, 0.25) is 0 Å². The van der Waals surface area contributed by atoms with Gasteiger partial charge >= 0.3 is 5.97 Å². The van der Waals surface area contributed by atoms with Gasteiger partial charge in [0.05, 0.1) is 5.92 Å². The highest BCUT2D eigenvalue weighted by molar-refractivity contribution is 5.91. The van der Waals surface area contributed by atoms with Gasteiger partial charge in [-0.3, -0.25) is 9.59 Å². The summed E-state index contributed by atoms with van der Waals surface area (Å²) in [5, 5.41) is 11.7. The molecule has 140 valence electrons. The summed E-state index contributed by atoms with van der Waals surface area (Å²) >= 11 is 0. The Hall–Kier alpha value is -2.76. The molecule has 0 saturated heterocycles. The summed E-state index contributed by atoms with van der Waals surface area (Å²) in [6.45, 7) is 6.19. The lowest BCUT2D eigenvalue weighted by molar-refractivity contribution is -0.141. The molecule has 6 nitrogen and oxygen atoms in total. The monoisotopic (exact) mass is 359 g/mol. The normalized spacial score (nSPS) is 11.8. The summed E-state index contributed by atoms with van der Waals surface area (Å²) in [6.07, 6.45) is 1.26. The highest BCUT2D eigenvalue weighted by atomic mass is 16.5. The van der Waals surface area contributed by atoms with Crippen LogP contribution in [0.1, 0.15) is 47.2 Å². The number of carbonyl (C=O) groups excluding carboxylic acids is 1. The van der Waals surface area contributed by atoms with Gasteiger partial charge < -0.3 is 19.6 Å². The molecule has 0 bridgehead atoms. The summed E-state index contributed by atoms with van der Waals surface area (Å²) in [4.78, 5) is 23.2. The third kappa shape index (κ3) is 5.37. The van der Waals surface area contributed by atoms with E-state index in [0.29, 0.717) is 12.2 Å². The first-order chi connectivity index (χ1) is 12.4. The van der Waals surface area contributed by atoms with Gasteiger partial charge in [-0.15, -0.1) is 0 Å². The van der Waals surface area contributed by atoms with Crippen LogP contribution in [0.15, 0.2) is 34.7 Å². The molecule has 0 aliphatic rings. The number of benzene rings is 1. The average Bonchev–Trinajstić information content (AvgIpc) is 3.06. The fourth-order valence-corrected chi connectivity index (χ4v) is 2.65. The van der Waals surface area contributed by atoms with E-state index in [2.05, 4.69) is 5.32 Å². The van der Waals surface area contributed by atoms with Crippen molar-refractivity contribution in [2.45, 2.75) is 40.2 Å². The number of carboxylic acid groups (broad SMARTS) is 1. The molecule has 0 radical (unpaired) electrons. The number of amides is 1. The zero-order valence-electron chi connectivity index (χ0n) is 15.4. The van der Waals surface area contributed by atoms with Crippen LogP contribution in [-0.4, -0.2) is 23.5 Å². The smallest absolute Gasteiger partial charge is 0.308 e. The summed E-state index contributed by atoms with van der Waals surface area (Å²) < 4.78 is 11.2. The van der Waals surface area contributed by atoms with Gasteiger partial charge in [0.1, 0.15) is 18.1 Å². The second-order valence-electron chi connectivity index (χ2n) is 6.36. The molecule has 2 aromatic rings. The second kappa shape index (κ2) is 9.08. The summed E-state index contributed by atoms with van der Waals surface area (Å²) in [7, 11) is 0. The fourth-order valence-electron chi connectivity index (χ4n) is 2.65. The Kier molecular flexibility index (Phi) is 6.83. The van der Waals surface area contributed by atoms with Crippen molar-refractivity contribution in [1.82, 2.24) is 5.32 Å². The molecular weight excluding hydrogens is 334 g/mol. The van der Waals surface area contributed by atoms with E-state index >= 15 is 0 Å². The van der Waals surface area contributed by atoms with E-state index in [1.807, 2.05) is 39.0 Å². The van der Waals surface area contributed by atoms with E-state index in [9.17, 15) is 9.59 Å². The quantitative estimate of drug-likeness (QED) is 0.712. The van der Waals surface area contributed by atoms with E-state index in [1.165, 1.54) is 0 Å². The van der Waals surface area contributed by atoms with Gasteiger partial charge in [-0.1, -0.05) is 31.0 Å². The highest BCUT2D eigenvalue weighted by Gasteiger charge is 2.19. The maximum atomic E-state index is 12.1. The van der Waals surface area contributed by atoms with Crippen LogP contribution >= 0.6 is 0 Å². The number of hydrogen-bond acceptors (Lipinski definition) is 4. The lowest BCUT2D eigenvalue weighted by Crippen LogP contribution is -2.32. The Balaban J connectivity index is 1.90. The first-order valence-electron chi connectivity index (χ1n) is 8.70. The van der Waals surface area contributed by atoms with E-state index in [0.717, 1.165) is 23.3 Å². The summed E-state index contributed by atoms with van der Waals surface area (Å²) in [5.74, 6) is -0.490. The van der Waals surface area contributed by atoms with Crippen LogP contribution in [0.3, 0.4) is 0 Å². The molecule has 2 rings (SSSR count). The highest BCUT2D eigenvalue weighted by Crippen LogP contribution is 2.20. The van der Waals surface area contributed by atoms with Gasteiger partial charge in [0.15, 0.2) is 5.76 Å². The van der Waals surface area contributed by atoms with Crippen LogP contribution in [0, 0.1) is 19.8 Å². The lowest BCUT2D eigenvalue weighted by Gasteiger charge is -2.11. The largest absolute Gasteiger partial charge is 0.485 e. The van der Waals surface area contributed by atoms with Gasteiger partial charge in [0.25, 0.3) is 5.91 Å². The first-order valence-corrected chi connectivity index (χ1v) is 8.70. The van der Waals surface area contributed by atoms with Gasteiger partial charge in [0.2, 0.25) is 0 Å². The molecule has 26 heavy (non-hydrogen) atoms. The van der Waals surface area contributed by atoms with Gasteiger partial charge in [-0.2, -0.15) is 0 Å². The molecule has 0 saturated carbocycles. The maximum Gasteiger partial charge on any atom is 0.308 e. The number of hydrogen-bond donors (Lipinski definition) is 2. The number of aliphatic carboxylic acids is 1. The molecule has 1 atom stereocenters. The van der Waals surface area contributed by atoms with Crippen molar-refractivity contribution in [3.63, 3.8) is 0 Å². The minimum atomic E-state index is -0.908. The predicted molar refractivity (Wildman–Crippen MR) is 97.3 cm³/mol. The van der Waals surface area contributed by atoms with Crippen LogP contribution < -0.4 is 10.1 Å². The number of ether oxygens (including phenoxy) is 1. The number of nitrogens with one attached hydrogen (secondary N) is 1. The topological polar surface area (TPSA) is 88.8 Å². The number of aryl methyl sites for hydroxylation is 2. The minimum Gasteiger partial charge on any atom is -0.485 e. The lowest BCUT2D eigenvalue weighted by atomic mass is 10.0. The van der Waals surface area contributed by atoms with Crippen LogP contribution in [0.25, 0.3) is 0 Å². The number of carbonyl (C=O) groups is 2. The van der Waals surface area contributed by atoms with E-state index < -0.39 is 17.8 Å². The Morgan fingerprint density at radius 3 is 2.65 bits per heavy atom. The van der Waals surface area contributed by atoms with E-state index in [1.54, 1.807) is 12.1 Å². The molecular formula is C20H25NO5. The Labute approximate surface area is 153 Å². The standard InChI is InChI=1S/C20H25NO5/c1-4-5-15(20(23)24)11-21-19(22)18-9-7-16(26-18)12-25-17-8-6-13(2)10-14(17)3/h6-10,15H,4-5,11-12H2,1-3H3,(H,21,22)(H,23,24). The molecule has 1 heterocycles. The Bertz CT molecular complexity index is 765. The summed E-state index contributed by atoms with van der Waals surface area (Å²) in [5.41, 5.74) is 2.19. The average molecular weight is 359 g/mol. The summed E-state index contributed by atoms with van der Waals surface area (Å²) in [6, 6.07) is 9.15. The molecule has 1 aromatic carbocycles. The number of carboxylic acids is 1. The molecule has 0 aliphatic carbocycles. The van der Waals surface area contributed by atoms with Crippen LogP contribution in [-0.2, 0) is 11.4 Å². The predicted octanol–water partition coefficient (Wildman–Crippen LogP) is 3.71. The molecule has 1 aromatic heterocycles. The molecule has 0 aliphatic heterocycles. The van der Waals surface area contributed by atoms with Crippen molar-refractivity contribution in [2.75, 3.05) is 6.54 Å². The second-order valence-corrected chi connectivity index (χ2v) is 6.36. The Morgan fingerprint density at radius 1 is 1.23 bits per heavy atom. The Morgan fingerprint density at radius 2 is 2.00 bits per heavy atom. The van der Waals surface area contributed by atoms with E-state index in [-0.39, 0.29) is 18.9 Å². The molecule has 1 amide bonds. The van der Waals surface area contributed by atoms with Crippen molar-refractivity contribution >= 4 is 11.9 Å². The zero-order chi connectivity index (χ0) is 19.1. The molecule has 6 heteroatoms. The van der Waals surface area contributed by atoms with Crippen LogP contribution in [0.5, 0.6) is 5.75 Å². The minimum absolute atomic E-state index is 0.0805. The van der Waals surface area contributed by atoms with Crippen molar-refractivity contribution in [3.05, 3.63) is 53.0 Å². The van der Waals surface area contributed by atoms with Gasteiger partial charge in [-0.05, 0) is 44.0 Å². The van der Waals surface area contributed by atoms with Crippen molar-refractivity contribution in [2.24, 2.45) is 5.92 Å².